The lowest BCUT2D eigenvalue weighted by Crippen LogP contribution is -2.26. The van der Waals surface area contributed by atoms with E-state index in [1.165, 1.54) is 44.6 Å². The van der Waals surface area contributed by atoms with Gasteiger partial charge < -0.3 is 14.8 Å². The second-order valence-corrected chi connectivity index (χ2v) is 5.73. The van der Waals surface area contributed by atoms with E-state index >= 15 is 0 Å². The topological polar surface area (TPSA) is 33.1 Å². The Morgan fingerprint density at radius 3 is 3.05 bits per heavy atom. The molecular weight excluding hydrogens is 260 g/mol. The van der Waals surface area contributed by atoms with Crippen LogP contribution in [0.4, 0.5) is 5.69 Å². The minimum atomic E-state index is 0.583. The summed E-state index contributed by atoms with van der Waals surface area (Å²) in [6, 6.07) is 9.15. The maximum Gasteiger partial charge on any atom is 0.0991 e. The highest BCUT2D eigenvalue weighted by Gasteiger charge is 2.15. The second-order valence-electron chi connectivity index (χ2n) is 5.73. The van der Waals surface area contributed by atoms with Crippen molar-refractivity contribution < 1.29 is 0 Å². The molecule has 0 bridgehead atoms. The Kier molecular flexibility index (Phi) is 4.55. The van der Waals surface area contributed by atoms with Crippen molar-refractivity contribution in [3.63, 3.8) is 0 Å². The first-order valence-electron chi connectivity index (χ1n) is 7.92. The monoisotopic (exact) mass is 284 g/mol. The molecule has 1 atom stereocenters. The number of nitrogens with one attached hydrogen (secondary N) is 1. The molecule has 1 N–H and O–H groups in total. The lowest BCUT2D eigenvalue weighted by atomic mass is 10.1. The van der Waals surface area contributed by atoms with E-state index in [1.807, 2.05) is 23.3 Å². The van der Waals surface area contributed by atoms with Gasteiger partial charge in [-0.25, -0.2) is 4.98 Å². The van der Waals surface area contributed by atoms with E-state index in [2.05, 4.69) is 46.4 Å². The number of rotatable bonds is 4. The highest BCUT2D eigenvalue weighted by Crippen LogP contribution is 2.19. The average molecular weight is 284 g/mol. The van der Waals surface area contributed by atoms with Crippen LogP contribution in [0, 0.1) is 0 Å². The fourth-order valence-corrected chi connectivity index (χ4v) is 3.02. The number of aromatic nitrogens is 2. The molecule has 21 heavy (non-hydrogen) atoms. The molecule has 1 aliphatic heterocycles. The van der Waals surface area contributed by atoms with Gasteiger partial charge in [-0.1, -0.05) is 13.0 Å². The maximum atomic E-state index is 4.11. The van der Waals surface area contributed by atoms with Crippen LogP contribution in [0.5, 0.6) is 0 Å². The van der Waals surface area contributed by atoms with Crippen LogP contribution in [-0.4, -0.2) is 40.1 Å². The van der Waals surface area contributed by atoms with Crippen molar-refractivity contribution in [3.8, 4) is 5.69 Å². The molecule has 1 aromatic carbocycles. The first-order chi connectivity index (χ1) is 10.3. The molecule has 1 fully saturated rings. The quantitative estimate of drug-likeness (QED) is 0.936. The Morgan fingerprint density at radius 1 is 1.29 bits per heavy atom. The molecule has 0 saturated carbocycles. The van der Waals surface area contributed by atoms with Gasteiger partial charge in [-0.2, -0.15) is 0 Å². The molecule has 1 unspecified atom stereocenters. The van der Waals surface area contributed by atoms with Gasteiger partial charge in [0.05, 0.1) is 6.33 Å². The number of hydrogen-bond donors (Lipinski definition) is 1. The summed E-state index contributed by atoms with van der Waals surface area (Å²) < 4.78 is 2.04. The van der Waals surface area contributed by atoms with Gasteiger partial charge in [0.1, 0.15) is 0 Å². The van der Waals surface area contributed by atoms with Gasteiger partial charge in [-0.3, -0.25) is 0 Å². The molecule has 4 heteroatoms. The summed E-state index contributed by atoms with van der Waals surface area (Å²) in [6.45, 7) is 5.87. The summed E-state index contributed by atoms with van der Waals surface area (Å²) in [5.41, 5.74) is 2.36. The average Bonchev–Trinajstić information content (AvgIpc) is 2.96. The van der Waals surface area contributed by atoms with E-state index in [0.29, 0.717) is 6.04 Å². The van der Waals surface area contributed by atoms with Gasteiger partial charge in [0, 0.05) is 36.4 Å². The number of imidazole rings is 1. The van der Waals surface area contributed by atoms with Crippen molar-refractivity contribution in [1.29, 1.82) is 0 Å². The molecular formula is C17H24N4. The summed E-state index contributed by atoms with van der Waals surface area (Å²) in [6.07, 6.45) is 9.39. The van der Waals surface area contributed by atoms with Gasteiger partial charge >= 0.3 is 0 Å². The second kappa shape index (κ2) is 6.76. The van der Waals surface area contributed by atoms with Crippen LogP contribution in [0.2, 0.25) is 0 Å². The van der Waals surface area contributed by atoms with E-state index < -0.39 is 0 Å². The molecule has 2 heterocycles. The smallest absolute Gasteiger partial charge is 0.0991 e. The van der Waals surface area contributed by atoms with E-state index in [0.717, 1.165) is 5.69 Å². The highest BCUT2D eigenvalue weighted by molar-refractivity contribution is 5.51. The van der Waals surface area contributed by atoms with Crippen LogP contribution in [0.15, 0.2) is 43.0 Å². The molecule has 3 rings (SSSR count). The van der Waals surface area contributed by atoms with Crippen molar-refractivity contribution in [2.24, 2.45) is 0 Å². The third-order valence-corrected chi connectivity index (χ3v) is 4.29. The molecule has 1 aliphatic rings. The zero-order valence-corrected chi connectivity index (χ0v) is 12.7. The van der Waals surface area contributed by atoms with Crippen molar-refractivity contribution in [3.05, 3.63) is 43.0 Å². The van der Waals surface area contributed by atoms with Crippen LogP contribution in [-0.2, 0) is 0 Å². The third kappa shape index (κ3) is 3.64. The Labute approximate surface area is 126 Å². The number of likely N-dealkylation sites (tertiary alicyclic amines) is 1. The van der Waals surface area contributed by atoms with E-state index in [4.69, 9.17) is 0 Å². The first-order valence-corrected chi connectivity index (χ1v) is 7.92. The summed E-state index contributed by atoms with van der Waals surface area (Å²) in [5, 5.41) is 3.71. The van der Waals surface area contributed by atoms with Crippen LogP contribution in [0.3, 0.4) is 0 Å². The largest absolute Gasteiger partial charge is 0.382 e. The summed E-state index contributed by atoms with van der Waals surface area (Å²) in [5.74, 6) is 0. The van der Waals surface area contributed by atoms with Gasteiger partial charge in [0.15, 0.2) is 0 Å². The molecule has 0 amide bonds. The summed E-state index contributed by atoms with van der Waals surface area (Å²) in [4.78, 5) is 6.66. The molecule has 2 aromatic rings. The van der Waals surface area contributed by atoms with Gasteiger partial charge in [0.25, 0.3) is 0 Å². The van der Waals surface area contributed by atoms with Crippen LogP contribution < -0.4 is 5.32 Å². The molecule has 112 valence electrons. The van der Waals surface area contributed by atoms with E-state index in [-0.39, 0.29) is 0 Å². The minimum Gasteiger partial charge on any atom is -0.382 e. The van der Waals surface area contributed by atoms with E-state index in [1.54, 1.807) is 0 Å². The fraction of sp³-hybridized carbons (Fsp3) is 0.471. The predicted octanol–water partition coefficient (Wildman–Crippen LogP) is 3.16. The van der Waals surface area contributed by atoms with Crippen molar-refractivity contribution in [2.75, 3.05) is 25.0 Å². The molecule has 1 aromatic heterocycles. The lowest BCUT2D eigenvalue weighted by molar-refractivity contribution is 0.300. The summed E-state index contributed by atoms with van der Waals surface area (Å²) in [7, 11) is 0. The first kappa shape index (κ1) is 14.1. The zero-order chi connectivity index (χ0) is 14.5. The van der Waals surface area contributed by atoms with Crippen molar-refractivity contribution in [2.45, 2.75) is 32.2 Å². The predicted molar refractivity (Wildman–Crippen MR) is 86.9 cm³/mol. The van der Waals surface area contributed by atoms with Crippen LogP contribution in [0.1, 0.15) is 26.2 Å². The molecule has 0 aliphatic carbocycles. The minimum absolute atomic E-state index is 0.583. The number of hydrogen-bond acceptors (Lipinski definition) is 3. The Balaban J connectivity index is 1.66. The third-order valence-electron chi connectivity index (χ3n) is 4.29. The van der Waals surface area contributed by atoms with Gasteiger partial charge in [-0.15, -0.1) is 0 Å². The van der Waals surface area contributed by atoms with Crippen LogP contribution in [0.25, 0.3) is 5.69 Å². The maximum absolute atomic E-state index is 4.11. The molecule has 1 saturated heterocycles. The SMILES string of the molecule is CCN1CCCC(Nc2cccc(-n3ccnc3)c2)CC1. The summed E-state index contributed by atoms with van der Waals surface area (Å²) >= 11 is 0. The van der Waals surface area contributed by atoms with E-state index in [9.17, 15) is 0 Å². The lowest BCUT2D eigenvalue weighted by Gasteiger charge is -2.19. The Bertz CT molecular complexity index is 550. The Hall–Kier alpha value is -1.81. The van der Waals surface area contributed by atoms with Crippen molar-refractivity contribution in [1.82, 2.24) is 14.5 Å². The number of benzene rings is 1. The van der Waals surface area contributed by atoms with Gasteiger partial charge in [0.2, 0.25) is 0 Å². The van der Waals surface area contributed by atoms with Crippen molar-refractivity contribution >= 4 is 5.69 Å². The van der Waals surface area contributed by atoms with Crippen LogP contribution >= 0.6 is 0 Å². The molecule has 4 nitrogen and oxygen atoms in total. The standard InChI is InChI=1S/C17H24N4/c1-2-20-10-4-6-15(8-11-20)19-16-5-3-7-17(13-16)21-12-9-18-14-21/h3,5,7,9,12-15,19H,2,4,6,8,10-11H2,1H3. The number of nitrogens with zero attached hydrogens (tertiary/aromatic N) is 3. The molecule has 0 radical (unpaired) electrons. The van der Waals surface area contributed by atoms with Gasteiger partial charge in [-0.05, 0) is 50.6 Å². The normalized spacial score (nSPS) is 20.1. The number of anilines is 1. The highest BCUT2D eigenvalue weighted by atomic mass is 15.1. The zero-order valence-electron chi connectivity index (χ0n) is 12.7. The Morgan fingerprint density at radius 2 is 2.24 bits per heavy atom. The fourth-order valence-electron chi connectivity index (χ4n) is 3.02. The molecule has 0 spiro atoms.